The van der Waals surface area contributed by atoms with E-state index in [0.29, 0.717) is 0 Å². The largest absolute Gasteiger partial charge is 0.336 e. The van der Waals surface area contributed by atoms with E-state index in [4.69, 9.17) is 5.73 Å². The standard InChI is InChI=1S/C15H17F2N3O3S/c16-11-2-1-3-12(17)10(11)8-13(19)14(21)20-15(9-18)4-6-24(22,23)7-5-15/h1-3,13H,4-8,19H2,(H,20,21)/t13-/m0/s1. The minimum absolute atomic E-state index is 0.0433. The maximum absolute atomic E-state index is 13.6. The zero-order chi connectivity index (χ0) is 18.0. The molecule has 9 heteroatoms. The third kappa shape index (κ3) is 4.07. The third-order valence-corrected chi connectivity index (χ3v) is 5.73. The number of amides is 1. The number of nitrogens with one attached hydrogen (secondary N) is 1. The van der Waals surface area contributed by atoms with E-state index in [9.17, 15) is 27.3 Å². The fourth-order valence-electron chi connectivity index (χ4n) is 2.52. The van der Waals surface area contributed by atoms with Crippen LogP contribution in [0.4, 0.5) is 8.78 Å². The van der Waals surface area contributed by atoms with Crippen molar-refractivity contribution in [2.75, 3.05) is 11.5 Å². The number of nitrogens with zero attached hydrogens (tertiary/aromatic N) is 1. The predicted molar refractivity (Wildman–Crippen MR) is 82.4 cm³/mol. The van der Waals surface area contributed by atoms with Gasteiger partial charge in [0.1, 0.15) is 17.2 Å². The Morgan fingerprint density at radius 1 is 1.33 bits per heavy atom. The average molecular weight is 357 g/mol. The summed E-state index contributed by atoms with van der Waals surface area (Å²) in [5.41, 5.74) is 4.06. The molecule has 1 aromatic rings. The number of halogens is 2. The van der Waals surface area contributed by atoms with Crippen molar-refractivity contribution in [2.24, 2.45) is 5.73 Å². The number of carbonyl (C=O) groups is 1. The zero-order valence-electron chi connectivity index (χ0n) is 12.8. The molecule has 6 nitrogen and oxygen atoms in total. The van der Waals surface area contributed by atoms with Crippen LogP contribution in [0.15, 0.2) is 18.2 Å². The van der Waals surface area contributed by atoms with E-state index in [-0.39, 0.29) is 36.3 Å². The molecular formula is C15H17F2N3O3S. The van der Waals surface area contributed by atoms with Gasteiger partial charge in [-0.25, -0.2) is 17.2 Å². The molecule has 0 saturated carbocycles. The summed E-state index contributed by atoms with van der Waals surface area (Å²) in [6, 6.07) is 3.99. The molecule has 1 aliphatic heterocycles. The van der Waals surface area contributed by atoms with E-state index in [1.54, 1.807) is 0 Å². The van der Waals surface area contributed by atoms with Gasteiger partial charge in [0.25, 0.3) is 0 Å². The Labute approximate surface area is 138 Å². The SMILES string of the molecule is N#CC1(NC(=O)[C@@H](N)Cc2c(F)cccc2F)CCS(=O)(=O)CC1. The molecule has 0 radical (unpaired) electrons. The number of carbonyl (C=O) groups excluding carboxylic acids is 1. The van der Waals surface area contributed by atoms with Crippen molar-refractivity contribution in [3.63, 3.8) is 0 Å². The lowest BCUT2D eigenvalue weighted by molar-refractivity contribution is -0.123. The smallest absolute Gasteiger partial charge is 0.238 e. The maximum atomic E-state index is 13.6. The minimum atomic E-state index is -3.21. The van der Waals surface area contributed by atoms with Crippen LogP contribution in [0.25, 0.3) is 0 Å². The van der Waals surface area contributed by atoms with Gasteiger partial charge >= 0.3 is 0 Å². The van der Waals surface area contributed by atoms with Crippen molar-refractivity contribution in [1.29, 1.82) is 5.26 Å². The first-order valence-electron chi connectivity index (χ1n) is 7.30. The molecule has 0 bridgehead atoms. The Kier molecular flexibility index (Phi) is 5.20. The Bertz CT molecular complexity index is 755. The van der Waals surface area contributed by atoms with E-state index in [1.165, 1.54) is 6.07 Å². The van der Waals surface area contributed by atoms with Gasteiger partial charge in [0.15, 0.2) is 9.84 Å². The highest BCUT2D eigenvalue weighted by Crippen LogP contribution is 2.23. The third-order valence-electron chi connectivity index (χ3n) is 4.08. The van der Waals surface area contributed by atoms with E-state index in [1.807, 2.05) is 6.07 Å². The molecule has 1 atom stereocenters. The zero-order valence-corrected chi connectivity index (χ0v) is 13.6. The van der Waals surface area contributed by atoms with Gasteiger partial charge in [0.05, 0.1) is 23.6 Å². The highest BCUT2D eigenvalue weighted by molar-refractivity contribution is 7.91. The summed E-state index contributed by atoms with van der Waals surface area (Å²) >= 11 is 0. The number of nitriles is 1. The van der Waals surface area contributed by atoms with Crippen LogP contribution in [0.1, 0.15) is 18.4 Å². The van der Waals surface area contributed by atoms with Crippen LogP contribution >= 0.6 is 0 Å². The highest BCUT2D eigenvalue weighted by Gasteiger charge is 2.39. The van der Waals surface area contributed by atoms with Gasteiger partial charge in [-0.1, -0.05) is 6.07 Å². The lowest BCUT2D eigenvalue weighted by atomic mass is 9.93. The van der Waals surface area contributed by atoms with E-state index >= 15 is 0 Å². The lowest BCUT2D eigenvalue weighted by Crippen LogP contribution is -2.56. The van der Waals surface area contributed by atoms with E-state index in [2.05, 4.69) is 5.32 Å². The molecule has 1 heterocycles. The van der Waals surface area contributed by atoms with Crippen molar-refractivity contribution in [1.82, 2.24) is 5.32 Å². The van der Waals surface area contributed by atoms with Crippen LogP contribution in [0.5, 0.6) is 0 Å². The molecule has 1 aliphatic rings. The maximum Gasteiger partial charge on any atom is 0.238 e. The number of nitrogens with two attached hydrogens (primary N) is 1. The first-order chi connectivity index (χ1) is 11.2. The summed E-state index contributed by atoms with van der Waals surface area (Å²) in [4.78, 5) is 12.2. The van der Waals surface area contributed by atoms with Gasteiger partial charge in [-0.3, -0.25) is 4.79 Å². The molecule has 0 aromatic heterocycles. The second kappa shape index (κ2) is 6.83. The second-order valence-corrected chi connectivity index (χ2v) is 8.15. The number of rotatable bonds is 4. The van der Waals surface area contributed by atoms with Gasteiger partial charge < -0.3 is 11.1 Å². The quantitative estimate of drug-likeness (QED) is 0.811. The predicted octanol–water partition coefficient (Wildman–Crippen LogP) is 0.422. The fraction of sp³-hybridized carbons (Fsp3) is 0.467. The summed E-state index contributed by atoms with van der Waals surface area (Å²) in [7, 11) is -3.21. The molecule has 1 amide bonds. The van der Waals surface area contributed by atoms with Crippen molar-refractivity contribution >= 4 is 15.7 Å². The van der Waals surface area contributed by atoms with Gasteiger partial charge in [0.2, 0.25) is 5.91 Å². The summed E-state index contributed by atoms with van der Waals surface area (Å²) < 4.78 is 50.1. The number of hydrogen-bond acceptors (Lipinski definition) is 5. The topological polar surface area (TPSA) is 113 Å². The molecular weight excluding hydrogens is 340 g/mol. The van der Waals surface area contributed by atoms with Crippen LogP contribution in [0.2, 0.25) is 0 Å². The molecule has 24 heavy (non-hydrogen) atoms. The van der Waals surface area contributed by atoms with Crippen molar-refractivity contribution in [3.8, 4) is 6.07 Å². The van der Waals surface area contributed by atoms with Crippen LogP contribution in [-0.4, -0.2) is 37.4 Å². The van der Waals surface area contributed by atoms with E-state index < -0.39 is 39.0 Å². The molecule has 1 aromatic carbocycles. The lowest BCUT2D eigenvalue weighted by Gasteiger charge is -2.32. The fourth-order valence-corrected chi connectivity index (χ4v) is 4.04. The van der Waals surface area contributed by atoms with Crippen molar-refractivity contribution in [2.45, 2.75) is 30.8 Å². The summed E-state index contributed by atoms with van der Waals surface area (Å²) in [6.07, 6.45) is -0.457. The van der Waals surface area contributed by atoms with Crippen LogP contribution in [0, 0.1) is 23.0 Å². The van der Waals surface area contributed by atoms with Gasteiger partial charge in [-0.15, -0.1) is 0 Å². The number of sulfone groups is 1. The molecule has 2 rings (SSSR count). The average Bonchev–Trinajstić information content (AvgIpc) is 2.53. The highest BCUT2D eigenvalue weighted by atomic mass is 32.2. The molecule has 130 valence electrons. The number of hydrogen-bond donors (Lipinski definition) is 2. The Hall–Kier alpha value is -2.05. The molecule has 0 unspecified atom stereocenters. The summed E-state index contributed by atoms with van der Waals surface area (Å²) in [6.45, 7) is 0. The Balaban J connectivity index is 2.07. The van der Waals surface area contributed by atoms with Crippen LogP contribution in [-0.2, 0) is 21.1 Å². The normalized spacial score (nSPS) is 19.9. The first-order valence-corrected chi connectivity index (χ1v) is 9.12. The molecule has 0 aliphatic carbocycles. The minimum Gasteiger partial charge on any atom is -0.336 e. The van der Waals surface area contributed by atoms with Crippen LogP contribution < -0.4 is 11.1 Å². The Morgan fingerprint density at radius 3 is 2.38 bits per heavy atom. The Morgan fingerprint density at radius 2 is 1.88 bits per heavy atom. The van der Waals surface area contributed by atoms with Gasteiger partial charge in [-0.05, 0) is 25.0 Å². The molecule has 3 N–H and O–H groups in total. The van der Waals surface area contributed by atoms with Gasteiger partial charge in [-0.2, -0.15) is 5.26 Å². The molecule has 1 fully saturated rings. The first kappa shape index (κ1) is 18.3. The van der Waals surface area contributed by atoms with Crippen molar-refractivity contribution in [3.05, 3.63) is 35.4 Å². The monoisotopic (exact) mass is 357 g/mol. The molecule has 1 saturated heterocycles. The van der Waals surface area contributed by atoms with E-state index in [0.717, 1.165) is 12.1 Å². The van der Waals surface area contributed by atoms with Crippen LogP contribution in [0.3, 0.4) is 0 Å². The summed E-state index contributed by atoms with van der Waals surface area (Å²) in [5.74, 6) is -2.79. The molecule has 0 spiro atoms. The van der Waals surface area contributed by atoms with Gasteiger partial charge in [0, 0.05) is 12.0 Å². The summed E-state index contributed by atoms with van der Waals surface area (Å²) in [5, 5.41) is 11.7. The number of benzene rings is 1. The van der Waals surface area contributed by atoms with Crippen molar-refractivity contribution < 1.29 is 22.0 Å². The second-order valence-electron chi connectivity index (χ2n) is 5.85.